The van der Waals surface area contributed by atoms with Crippen molar-refractivity contribution >= 4 is 12.0 Å². The van der Waals surface area contributed by atoms with Gasteiger partial charge in [-0.2, -0.15) is 0 Å². The number of nitrogens with one attached hydrogen (secondary N) is 1. The average molecular weight is 189 g/mol. The zero-order valence-corrected chi connectivity index (χ0v) is 8.58. The van der Waals surface area contributed by atoms with Crippen LogP contribution in [0.4, 0.5) is 0 Å². The van der Waals surface area contributed by atoms with Gasteiger partial charge in [-0.1, -0.05) is 37.3 Å². The minimum Gasteiger partial charge on any atom is -0.330 e. The third-order valence-corrected chi connectivity index (χ3v) is 1.86. The minimum absolute atomic E-state index is 0.0194. The molecule has 1 amide bonds. The molecular formula is C12H15NO. The summed E-state index contributed by atoms with van der Waals surface area (Å²) in [5.74, 6) is -0.0194. The van der Waals surface area contributed by atoms with E-state index in [0.717, 1.165) is 17.7 Å². The highest BCUT2D eigenvalue weighted by Gasteiger charge is 1.96. The minimum atomic E-state index is -0.0194. The maximum absolute atomic E-state index is 10.9. The Labute approximate surface area is 84.6 Å². The van der Waals surface area contributed by atoms with Crippen molar-refractivity contribution in [2.45, 2.75) is 20.3 Å². The van der Waals surface area contributed by atoms with Crippen LogP contribution in [0.1, 0.15) is 25.8 Å². The number of rotatable bonds is 3. The standard InChI is InChI=1S/C12H15NO/c1-3-12(13-10(2)14)9-11-7-5-4-6-8-11/h4-9H,3H2,1-2H3,(H,13,14)/b12-9+. The molecule has 74 valence electrons. The fraction of sp³-hybridized carbons (Fsp3) is 0.250. The quantitative estimate of drug-likeness (QED) is 0.778. The van der Waals surface area contributed by atoms with Crippen LogP contribution in [-0.4, -0.2) is 5.91 Å². The van der Waals surface area contributed by atoms with E-state index in [4.69, 9.17) is 0 Å². The van der Waals surface area contributed by atoms with E-state index >= 15 is 0 Å². The van der Waals surface area contributed by atoms with Crippen molar-refractivity contribution in [1.82, 2.24) is 5.32 Å². The van der Waals surface area contributed by atoms with Crippen LogP contribution in [-0.2, 0) is 4.79 Å². The van der Waals surface area contributed by atoms with Gasteiger partial charge in [0.2, 0.25) is 5.91 Å². The maximum atomic E-state index is 10.9. The summed E-state index contributed by atoms with van der Waals surface area (Å²) in [6.45, 7) is 3.54. The molecule has 0 aliphatic carbocycles. The second-order valence-corrected chi connectivity index (χ2v) is 3.11. The third kappa shape index (κ3) is 3.44. The zero-order chi connectivity index (χ0) is 10.4. The Bertz CT molecular complexity index is 327. The molecule has 0 saturated heterocycles. The van der Waals surface area contributed by atoms with Crippen LogP contribution < -0.4 is 5.32 Å². The molecule has 1 rings (SSSR count). The van der Waals surface area contributed by atoms with Crippen LogP contribution in [0.3, 0.4) is 0 Å². The van der Waals surface area contributed by atoms with E-state index in [9.17, 15) is 4.79 Å². The summed E-state index contributed by atoms with van der Waals surface area (Å²) >= 11 is 0. The molecule has 0 saturated carbocycles. The highest BCUT2D eigenvalue weighted by atomic mass is 16.1. The summed E-state index contributed by atoms with van der Waals surface area (Å²) in [6.07, 6.45) is 2.82. The first-order valence-corrected chi connectivity index (χ1v) is 4.75. The maximum Gasteiger partial charge on any atom is 0.220 e. The fourth-order valence-electron chi connectivity index (χ4n) is 1.20. The monoisotopic (exact) mass is 189 g/mol. The molecule has 0 atom stereocenters. The molecule has 0 spiro atoms. The Hall–Kier alpha value is -1.57. The molecule has 0 aromatic heterocycles. The number of carbonyl (C=O) groups is 1. The van der Waals surface area contributed by atoms with Crippen molar-refractivity contribution in [3.63, 3.8) is 0 Å². The molecule has 0 fully saturated rings. The summed E-state index contributed by atoms with van der Waals surface area (Å²) in [5, 5.41) is 2.80. The van der Waals surface area contributed by atoms with Crippen LogP contribution in [0.15, 0.2) is 36.0 Å². The largest absolute Gasteiger partial charge is 0.330 e. The molecule has 0 unspecified atom stereocenters. The van der Waals surface area contributed by atoms with E-state index in [0.29, 0.717) is 0 Å². The highest BCUT2D eigenvalue weighted by Crippen LogP contribution is 2.06. The van der Waals surface area contributed by atoms with Gasteiger partial charge in [-0.3, -0.25) is 4.79 Å². The van der Waals surface area contributed by atoms with Gasteiger partial charge in [0.05, 0.1) is 0 Å². The smallest absolute Gasteiger partial charge is 0.220 e. The molecule has 2 heteroatoms. The molecule has 1 N–H and O–H groups in total. The van der Waals surface area contributed by atoms with Gasteiger partial charge in [0, 0.05) is 12.6 Å². The van der Waals surface area contributed by atoms with Crippen molar-refractivity contribution in [2.75, 3.05) is 0 Å². The number of carbonyl (C=O) groups excluding carboxylic acids is 1. The molecule has 2 nitrogen and oxygen atoms in total. The SMILES string of the molecule is CC/C(=C\c1ccccc1)NC(C)=O. The first-order valence-electron chi connectivity index (χ1n) is 4.75. The number of hydrogen-bond donors (Lipinski definition) is 1. The van der Waals surface area contributed by atoms with Crippen LogP contribution in [0.2, 0.25) is 0 Å². The Morgan fingerprint density at radius 1 is 1.36 bits per heavy atom. The van der Waals surface area contributed by atoms with E-state index in [-0.39, 0.29) is 5.91 Å². The van der Waals surface area contributed by atoms with Crippen molar-refractivity contribution in [3.8, 4) is 0 Å². The van der Waals surface area contributed by atoms with Gasteiger partial charge in [-0.25, -0.2) is 0 Å². The van der Waals surface area contributed by atoms with Crippen LogP contribution >= 0.6 is 0 Å². The first-order chi connectivity index (χ1) is 6.72. The molecule has 1 aromatic rings. The lowest BCUT2D eigenvalue weighted by molar-refractivity contribution is -0.118. The average Bonchev–Trinajstić information content (AvgIpc) is 2.17. The van der Waals surface area contributed by atoms with Gasteiger partial charge in [0.15, 0.2) is 0 Å². The number of amides is 1. The van der Waals surface area contributed by atoms with Crippen molar-refractivity contribution < 1.29 is 4.79 Å². The third-order valence-electron chi connectivity index (χ3n) is 1.86. The van der Waals surface area contributed by atoms with Crippen LogP contribution in [0.25, 0.3) is 6.08 Å². The second-order valence-electron chi connectivity index (χ2n) is 3.11. The number of hydrogen-bond acceptors (Lipinski definition) is 1. The fourth-order valence-corrected chi connectivity index (χ4v) is 1.20. The Balaban J connectivity index is 2.78. The summed E-state index contributed by atoms with van der Waals surface area (Å²) in [7, 11) is 0. The second kappa shape index (κ2) is 5.22. The van der Waals surface area contributed by atoms with Gasteiger partial charge < -0.3 is 5.32 Å². The lowest BCUT2D eigenvalue weighted by Gasteiger charge is -2.04. The topological polar surface area (TPSA) is 29.1 Å². The molecule has 0 aliphatic rings. The molecule has 14 heavy (non-hydrogen) atoms. The van der Waals surface area contributed by atoms with Gasteiger partial charge in [0.1, 0.15) is 0 Å². The summed E-state index contributed by atoms with van der Waals surface area (Å²) in [4.78, 5) is 10.9. The van der Waals surface area contributed by atoms with Crippen molar-refractivity contribution in [1.29, 1.82) is 0 Å². The molecular weight excluding hydrogens is 174 g/mol. The predicted molar refractivity (Wildman–Crippen MR) is 58.5 cm³/mol. The predicted octanol–water partition coefficient (Wildman–Crippen LogP) is 2.57. The highest BCUT2D eigenvalue weighted by molar-refractivity contribution is 5.76. The van der Waals surface area contributed by atoms with E-state index in [1.165, 1.54) is 6.92 Å². The van der Waals surface area contributed by atoms with Gasteiger partial charge in [-0.05, 0) is 18.1 Å². The summed E-state index contributed by atoms with van der Waals surface area (Å²) < 4.78 is 0. The van der Waals surface area contributed by atoms with Crippen LogP contribution in [0, 0.1) is 0 Å². The number of benzene rings is 1. The molecule has 0 aliphatic heterocycles. The lowest BCUT2D eigenvalue weighted by Crippen LogP contribution is -2.18. The molecule has 0 heterocycles. The summed E-state index contributed by atoms with van der Waals surface area (Å²) in [5.41, 5.74) is 2.06. The number of allylic oxidation sites excluding steroid dienone is 1. The van der Waals surface area contributed by atoms with E-state index < -0.39 is 0 Å². The van der Waals surface area contributed by atoms with Crippen molar-refractivity contribution in [2.24, 2.45) is 0 Å². The Morgan fingerprint density at radius 2 is 2.00 bits per heavy atom. The van der Waals surface area contributed by atoms with Gasteiger partial charge in [-0.15, -0.1) is 0 Å². The van der Waals surface area contributed by atoms with Gasteiger partial charge >= 0.3 is 0 Å². The Morgan fingerprint density at radius 3 is 2.50 bits per heavy atom. The molecule has 1 aromatic carbocycles. The molecule has 0 bridgehead atoms. The van der Waals surface area contributed by atoms with E-state index in [2.05, 4.69) is 5.32 Å². The first kappa shape index (κ1) is 10.5. The van der Waals surface area contributed by atoms with E-state index in [1.54, 1.807) is 0 Å². The zero-order valence-electron chi connectivity index (χ0n) is 8.58. The molecule has 0 radical (unpaired) electrons. The van der Waals surface area contributed by atoms with Gasteiger partial charge in [0.25, 0.3) is 0 Å². The van der Waals surface area contributed by atoms with E-state index in [1.807, 2.05) is 43.3 Å². The van der Waals surface area contributed by atoms with Crippen molar-refractivity contribution in [3.05, 3.63) is 41.6 Å². The summed E-state index contributed by atoms with van der Waals surface area (Å²) in [6, 6.07) is 9.95. The Kier molecular flexibility index (Phi) is 3.92. The lowest BCUT2D eigenvalue weighted by atomic mass is 10.2. The van der Waals surface area contributed by atoms with Crippen LogP contribution in [0.5, 0.6) is 0 Å². The normalized spacial score (nSPS) is 11.1.